The van der Waals surface area contributed by atoms with Crippen LogP contribution in [0.25, 0.3) is 0 Å². The smallest absolute Gasteiger partial charge is 0.239 e. The van der Waals surface area contributed by atoms with Crippen LogP contribution in [-0.4, -0.2) is 30.5 Å². The molecule has 1 rings (SSSR count). The lowest BCUT2D eigenvalue weighted by atomic mass is 10.4. The molecule has 0 bridgehead atoms. The molecule has 0 aliphatic rings. The minimum atomic E-state index is 0.0157. The van der Waals surface area contributed by atoms with E-state index < -0.39 is 0 Å². The van der Waals surface area contributed by atoms with E-state index in [9.17, 15) is 4.79 Å². The Kier molecular flexibility index (Phi) is 5.25. The molecule has 0 aromatic carbocycles. The maximum atomic E-state index is 11.5. The van der Waals surface area contributed by atoms with Gasteiger partial charge in [0, 0.05) is 19.3 Å². The van der Waals surface area contributed by atoms with E-state index in [2.05, 4.69) is 26.2 Å². The summed E-state index contributed by atoms with van der Waals surface area (Å²) < 4.78 is 0.904. The fourth-order valence-electron chi connectivity index (χ4n) is 1.37. The molecule has 0 aliphatic carbocycles. The summed E-state index contributed by atoms with van der Waals surface area (Å²) in [6.07, 6.45) is 1.72. The summed E-state index contributed by atoms with van der Waals surface area (Å²) in [4.78, 5) is 17.7. The van der Waals surface area contributed by atoms with Crippen LogP contribution in [0.3, 0.4) is 0 Å². The number of likely N-dealkylation sites (N-methyl/N-ethyl adjacent to an activating group) is 2. The van der Waals surface area contributed by atoms with Gasteiger partial charge >= 0.3 is 0 Å². The molecule has 16 heavy (non-hydrogen) atoms. The molecule has 4 nitrogen and oxygen atoms in total. The van der Waals surface area contributed by atoms with E-state index >= 15 is 0 Å². The third kappa shape index (κ3) is 3.48. The van der Waals surface area contributed by atoms with Crippen LogP contribution in [0, 0.1) is 0 Å². The number of halogens is 1. The quantitative estimate of drug-likeness (QED) is 0.898. The van der Waals surface area contributed by atoms with Gasteiger partial charge in [0.25, 0.3) is 0 Å². The van der Waals surface area contributed by atoms with Crippen LogP contribution >= 0.6 is 15.9 Å². The summed E-state index contributed by atoms with van der Waals surface area (Å²) in [7, 11) is 0. The largest absolute Gasteiger partial charge is 0.355 e. The van der Waals surface area contributed by atoms with Gasteiger partial charge in [-0.25, -0.2) is 4.98 Å². The zero-order valence-electron chi connectivity index (χ0n) is 9.53. The fourth-order valence-corrected chi connectivity index (χ4v) is 1.88. The lowest BCUT2D eigenvalue weighted by Gasteiger charge is -2.22. The van der Waals surface area contributed by atoms with E-state index in [0.29, 0.717) is 13.1 Å². The van der Waals surface area contributed by atoms with E-state index in [4.69, 9.17) is 0 Å². The monoisotopic (exact) mass is 285 g/mol. The number of anilines is 1. The molecule has 0 aliphatic heterocycles. The summed E-state index contributed by atoms with van der Waals surface area (Å²) in [5, 5.41) is 2.78. The summed E-state index contributed by atoms with van der Waals surface area (Å²) in [5.41, 5.74) is 0. The second-order valence-corrected chi connectivity index (χ2v) is 4.13. The molecular formula is C11H16BrN3O. The van der Waals surface area contributed by atoms with Gasteiger partial charge < -0.3 is 10.2 Å². The molecule has 5 heteroatoms. The predicted octanol–water partition coefficient (Wildman–Crippen LogP) is 1.81. The van der Waals surface area contributed by atoms with Crippen molar-refractivity contribution in [3.05, 3.63) is 22.8 Å². The molecule has 1 N–H and O–H groups in total. The number of nitrogens with zero attached hydrogens (tertiary/aromatic N) is 2. The number of nitrogens with one attached hydrogen (secondary N) is 1. The number of hydrogen-bond donors (Lipinski definition) is 1. The van der Waals surface area contributed by atoms with Crippen molar-refractivity contribution in [3.8, 4) is 0 Å². The third-order valence-corrected chi connectivity index (χ3v) is 2.75. The number of aromatic nitrogens is 1. The molecule has 0 saturated carbocycles. The van der Waals surface area contributed by atoms with E-state index in [-0.39, 0.29) is 5.91 Å². The molecular weight excluding hydrogens is 270 g/mol. The van der Waals surface area contributed by atoms with Crippen molar-refractivity contribution in [1.82, 2.24) is 10.3 Å². The normalized spacial score (nSPS) is 9.94. The van der Waals surface area contributed by atoms with Crippen molar-refractivity contribution >= 4 is 27.7 Å². The predicted molar refractivity (Wildman–Crippen MR) is 68.5 cm³/mol. The van der Waals surface area contributed by atoms with Crippen molar-refractivity contribution < 1.29 is 4.79 Å². The molecule has 0 saturated heterocycles. The van der Waals surface area contributed by atoms with Crippen molar-refractivity contribution in [2.75, 3.05) is 24.5 Å². The maximum absolute atomic E-state index is 11.5. The summed E-state index contributed by atoms with van der Waals surface area (Å²) >= 11 is 3.43. The molecule has 0 fully saturated rings. The Balaban J connectivity index is 2.75. The summed E-state index contributed by atoms with van der Waals surface area (Å²) in [6.45, 7) is 5.64. The number of pyridine rings is 1. The average molecular weight is 286 g/mol. The highest BCUT2D eigenvalue weighted by molar-refractivity contribution is 9.10. The Hall–Kier alpha value is -1.10. The molecule has 88 valence electrons. The molecule has 1 aromatic heterocycles. The van der Waals surface area contributed by atoms with Crippen LogP contribution in [0.4, 0.5) is 5.82 Å². The highest BCUT2D eigenvalue weighted by Gasteiger charge is 2.12. The first-order valence-corrected chi connectivity index (χ1v) is 6.10. The Bertz CT molecular complexity index is 357. The van der Waals surface area contributed by atoms with Gasteiger partial charge in [0.1, 0.15) is 5.82 Å². The first-order valence-electron chi connectivity index (χ1n) is 5.31. The Labute approximate surface area is 104 Å². The van der Waals surface area contributed by atoms with E-state index in [1.807, 2.05) is 30.9 Å². The van der Waals surface area contributed by atoms with Gasteiger partial charge in [-0.2, -0.15) is 0 Å². The topological polar surface area (TPSA) is 45.2 Å². The van der Waals surface area contributed by atoms with Crippen LogP contribution in [-0.2, 0) is 4.79 Å². The van der Waals surface area contributed by atoms with E-state index in [1.54, 1.807) is 6.20 Å². The minimum Gasteiger partial charge on any atom is -0.355 e. The summed E-state index contributed by atoms with van der Waals surface area (Å²) in [5.74, 6) is 0.818. The minimum absolute atomic E-state index is 0.0157. The first-order chi connectivity index (χ1) is 7.69. The molecule has 0 radical (unpaired) electrons. The number of carbonyl (C=O) groups is 1. The van der Waals surface area contributed by atoms with Gasteiger partial charge in [0.2, 0.25) is 5.91 Å². The zero-order valence-corrected chi connectivity index (χ0v) is 11.1. The van der Waals surface area contributed by atoms with E-state index in [0.717, 1.165) is 16.8 Å². The number of amides is 1. The Morgan fingerprint density at radius 3 is 2.88 bits per heavy atom. The van der Waals surface area contributed by atoms with Gasteiger partial charge in [-0.05, 0) is 41.9 Å². The molecule has 0 spiro atoms. The molecule has 1 heterocycles. The molecule has 0 unspecified atom stereocenters. The lowest BCUT2D eigenvalue weighted by Crippen LogP contribution is -2.37. The summed E-state index contributed by atoms with van der Waals surface area (Å²) in [6, 6.07) is 3.77. The van der Waals surface area contributed by atoms with Crippen LogP contribution in [0.1, 0.15) is 13.8 Å². The van der Waals surface area contributed by atoms with Gasteiger partial charge in [-0.1, -0.05) is 0 Å². The van der Waals surface area contributed by atoms with Crippen molar-refractivity contribution in [1.29, 1.82) is 0 Å². The van der Waals surface area contributed by atoms with E-state index in [1.165, 1.54) is 0 Å². The zero-order chi connectivity index (χ0) is 12.0. The van der Waals surface area contributed by atoms with Gasteiger partial charge in [-0.15, -0.1) is 0 Å². The highest BCUT2D eigenvalue weighted by Crippen LogP contribution is 2.22. The average Bonchev–Trinajstić information content (AvgIpc) is 2.27. The number of hydrogen-bond acceptors (Lipinski definition) is 3. The Morgan fingerprint density at radius 1 is 1.56 bits per heavy atom. The fraction of sp³-hybridized carbons (Fsp3) is 0.455. The van der Waals surface area contributed by atoms with Crippen LogP contribution in [0.5, 0.6) is 0 Å². The first kappa shape index (κ1) is 13.0. The van der Waals surface area contributed by atoms with Gasteiger partial charge in [0.15, 0.2) is 0 Å². The van der Waals surface area contributed by atoms with Crippen LogP contribution < -0.4 is 10.2 Å². The maximum Gasteiger partial charge on any atom is 0.239 e. The van der Waals surface area contributed by atoms with Crippen molar-refractivity contribution in [2.45, 2.75) is 13.8 Å². The van der Waals surface area contributed by atoms with Crippen molar-refractivity contribution in [3.63, 3.8) is 0 Å². The standard InChI is InChI=1S/C11H16BrN3O/c1-3-13-10(16)8-15(4-2)11-9(12)6-5-7-14-11/h5-7H,3-4,8H2,1-2H3,(H,13,16). The van der Waals surface area contributed by atoms with Crippen molar-refractivity contribution in [2.24, 2.45) is 0 Å². The number of carbonyl (C=O) groups excluding carboxylic acids is 1. The molecule has 1 aromatic rings. The molecule has 1 amide bonds. The number of rotatable bonds is 5. The third-order valence-electron chi connectivity index (χ3n) is 2.13. The SMILES string of the molecule is CCNC(=O)CN(CC)c1ncccc1Br. The second kappa shape index (κ2) is 6.48. The van der Waals surface area contributed by atoms with Gasteiger partial charge in [-0.3, -0.25) is 4.79 Å². The molecule has 0 atom stereocenters. The Morgan fingerprint density at radius 2 is 2.31 bits per heavy atom. The van der Waals surface area contributed by atoms with Crippen LogP contribution in [0.15, 0.2) is 22.8 Å². The second-order valence-electron chi connectivity index (χ2n) is 3.28. The highest BCUT2D eigenvalue weighted by atomic mass is 79.9. The lowest BCUT2D eigenvalue weighted by molar-refractivity contribution is -0.119. The van der Waals surface area contributed by atoms with Crippen LogP contribution in [0.2, 0.25) is 0 Å². The van der Waals surface area contributed by atoms with Gasteiger partial charge in [0.05, 0.1) is 11.0 Å².